The van der Waals surface area contributed by atoms with Gasteiger partial charge in [-0.15, -0.1) is 0 Å². The number of rotatable bonds is 3. The number of aromatic nitrogens is 1. The van der Waals surface area contributed by atoms with Crippen LogP contribution in [-0.4, -0.2) is 18.0 Å². The van der Waals surface area contributed by atoms with Crippen molar-refractivity contribution in [2.24, 2.45) is 0 Å². The lowest BCUT2D eigenvalue weighted by Crippen LogP contribution is -2.09. The van der Waals surface area contributed by atoms with E-state index in [0.29, 0.717) is 4.70 Å². The van der Waals surface area contributed by atoms with Crippen molar-refractivity contribution in [1.29, 1.82) is 0 Å². The van der Waals surface area contributed by atoms with E-state index < -0.39 is 24.7 Å². The molecule has 0 saturated carbocycles. The molecule has 0 aliphatic rings. The molecule has 1 aromatic carbocycles. The zero-order valence-corrected chi connectivity index (χ0v) is 9.58. The molecule has 0 fully saturated rings. The minimum Gasteiger partial charge on any atom is -0.356 e. The SMILES string of the molecule is FC(F)CNc1nc2cc(C(F)(F)F)ccc2s1. The first-order chi connectivity index (χ1) is 8.36. The fourth-order valence-electron chi connectivity index (χ4n) is 1.34. The van der Waals surface area contributed by atoms with E-state index in [-0.39, 0.29) is 10.6 Å². The van der Waals surface area contributed by atoms with Crippen molar-refractivity contribution in [3.05, 3.63) is 23.8 Å². The summed E-state index contributed by atoms with van der Waals surface area (Å²) >= 11 is 1.04. The Morgan fingerprint density at radius 2 is 2.00 bits per heavy atom. The molecule has 98 valence electrons. The van der Waals surface area contributed by atoms with Crippen molar-refractivity contribution in [3.63, 3.8) is 0 Å². The van der Waals surface area contributed by atoms with Gasteiger partial charge in [-0.05, 0) is 18.2 Å². The summed E-state index contributed by atoms with van der Waals surface area (Å²) in [5.74, 6) is 0. The van der Waals surface area contributed by atoms with Gasteiger partial charge >= 0.3 is 6.18 Å². The Morgan fingerprint density at radius 1 is 1.28 bits per heavy atom. The average Bonchev–Trinajstić information content (AvgIpc) is 2.66. The molecule has 0 bridgehead atoms. The Labute approximate surface area is 102 Å². The predicted molar refractivity (Wildman–Crippen MR) is 59.1 cm³/mol. The van der Waals surface area contributed by atoms with E-state index in [0.717, 1.165) is 23.5 Å². The second-order valence-corrected chi connectivity index (χ2v) is 4.50. The number of thiazole rings is 1. The Hall–Kier alpha value is -1.44. The van der Waals surface area contributed by atoms with E-state index in [2.05, 4.69) is 10.3 Å². The number of anilines is 1. The van der Waals surface area contributed by atoms with Gasteiger partial charge in [-0.3, -0.25) is 0 Å². The summed E-state index contributed by atoms with van der Waals surface area (Å²) in [6, 6.07) is 3.13. The van der Waals surface area contributed by atoms with Crippen molar-refractivity contribution in [2.75, 3.05) is 11.9 Å². The maximum Gasteiger partial charge on any atom is 0.416 e. The summed E-state index contributed by atoms with van der Waals surface area (Å²) in [6.07, 6.45) is -6.98. The van der Waals surface area contributed by atoms with E-state index in [1.54, 1.807) is 0 Å². The van der Waals surface area contributed by atoms with Crippen molar-refractivity contribution >= 4 is 26.7 Å². The van der Waals surface area contributed by atoms with Gasteiger partial charge in [0.1, 0.15) is 0 Å². The molecule has 2 nitrogen and oxygen atoms in total. The largest absolute Gasteiger partial charge is 0.416 e. The Balaban J connectivity index is 2.28. The fraction of sp³-hybridized carbons (Fsp3) is 0.300. The van der Waals surface area contributed by atoms with Crippen LogP contribution in [0.5, 0.6) is 0 Å². The van der Waals surface area contributed by atoms with E-state index in [1.807, 2.05) is 0 Å². The topological polar surface area (TPSA) is 24.9 Å². The van der Waals surface area contributed by atoms with Gasteiger partial charge in [-0.2, -0.15) is 13.2 Å². The van der Waals surface area contributed by atoms with Crippen molar-refractivity contribution in [3.8, 4) is 0 Å². The molecule has 8 heteroatoms. The van der Waals surface area contributed by atoms with Gasteiger partial charge < -0.3 is 5.32 Å². The minimum atomic E-state index is -4.44. The van der Waals surface area contributed by atoms with Crippen LogP contribution in [0.2, 0.25) is 0 Å². The number of nitrogens with one attached hydrogen (secondary N) is 1. The number of nitrogens with zero attached hydrogens (tertiary/aromatic N) is 1. The molecule has 0 unspecified atom stereocenters. The van der Waals surface area contributed by atoms with Crippen LogP contribution in [0.1, 0.15) is 5.56 Å². The molecule has 0 aliphatic carbocycles. The van der Waals surface area contributed by atoms with Gasteiger partial charge in [-0.25, -0.2) is 13.8 Å². The van der Waals surface area contributed by atoms with E-state index in [4.69, 9.17) is 0 Å². The number of alkyl halides is 5. The molecule has 1 N–H and O–H groups in total. The predicted octanol–water partition coefficient (Wildman–Crippen LogP) is 3.99. The lowest BCUT2D eigenvalue weighted by Gasteiger charge is -2.04. The minimum absolute atomic E-state index is 0.145. The highest BCUT2D eigenvalue weighted by Crippen LogP contribution is 2.33. The number of benzene rings is 1. The van der Waals surface area contributed by atoms with Crippen LogP contribution in [0, 0.1) is 0 Å². The van der Waals surface area contributed by atoms with Gasteiger partial charge in [0.15, 0.2) is 5.13 Å². The van der Waals surface area contributed by atoms with E-state index in [9.17, 15) is 22.0 Å². The third kappa shape index (κ3) is 2.87. The second kappa shape index (κ2) is 4.68. The van der Waals surface area contributed by atoms with Gasteiger partial charge in [0.05, 0.1) is 22.3 Å². The van der Waals surface area contributed by atoms with Crippen molar-refractivity contribution in [2.45, 2.75) is 12.6 Å². The smallest absolute Gasteiger partial charge is 0.356 e. The number of halogens is 5. The molecule has 2 rings (SSSR count). The molecule has 2 aromatic rings. The summed E-state index contributed by atoms with van der Waals surface area (Å²) < 4.78 is 61.7. The quantitative estimate of drug-likeness (QED) is 0.861. The molecule has 0 amide bonds. The average molecular weight is 282 g/mol. The summed E-state index contributed by atoms with van der Waals surface area (Å²) in [7, 11) is 0. The van der Waals surface area contributed by atoms with Gasteiger partial charge in [0.2, 0.25) is 0 Å². The highest BCUT2D eigenvalue weighted by molar-refractivity contribution is 7.22. The number of hydrogen-bond acceptors (Lipinski definition) is 3. The molecule has 1 heterocycles. The highest BCUT2D eigenvalue weighted by atomic mass is 32.1. The molecule has 1 aromatic heterocycles. The highest BCUT2D eigenvalue weighted by Gasteiger charge is 2.30. The first-order valence-electron chi connectivity index (χ1n) is 4.86. The molecular weight excluding hydrogens is 275 g/mol. The molecule has 0 radical (unpaired) electrons. The van der Waals surface area contributed by atoms with Crippen LogP contribution >= 0.6 is 11.3 Å². The monoisotopic (exact) mass is 282 g/mol. The summed E-state index contributed by atoms with van der Waals surface area (Å²) in [6.45, 7) is -0.577. The summed E-state index contributed by atoms with van der Waals surface area (Å²) in [4.78, 5) is 3.83. The number of fused-ring (bicyclic) bond motifs is 1. The Bertz CT molecular complexity index is 549. The lowest BCUT2D eigenvalue weighted by molar-refractivity contribution is -0.137. The maximum absolute atomic E-state index is 12.4. The Kier molecular flexibility index (Phi) is 3.38. The Morgan fingerprint density at radius 3 is 2.61 bits per heavy atom. The van der Waals surface area contributed by atoms with Crippen molar-refractivity contribution in [1.82, 2.24) is 4.98 Å². The third-order valence-electron chi connectivity index (χ3n) is 2.12. The van der Waals surface area contributed by atoms with E-state index >= 15 is 0 Å². The molecule has 0 saturated heterocycles. The van der Waals surface area contributed by atoms with Crippen LogP contribution in [-0.2, 0) is 6.18 Å². The van der Waals surface area contributed by atoms with Gasteiger partial charge in [0, 0.05) is 0 Å². The van der Waals surface area contributed by atoms with E-state index in [1.165, 1.54) is 6.07 Å². The summed E-state index contributed by atoms with van der Waals surface area (Å²) in [5.41, 5.74) is -0.660. The zero-order valence-electron chi connectivity index (χ0n) is 8.76. The lowest BCUT2D eigenvalue weighted by atomic mass is 10.2. The van der Waals surface area contributed by atoms with Crippen LogP contribution in [0.3, 0.4) is 0 Å². The molecule has 0 aliphatic heterocycles. The second-order valence-electron chi connectivity index (χ2n) is 3.47. The molecule has 18 heavy (non-hydrogen) atoms. The molecule has 0 spiro atoms. The standard InChI is InChI=1S/C10H7F5N2S/c11-8(12)4-16-9-17-6-3-5(10(13,14)15)1-2-7(6)18-9/h1-3,8H,4H2,(H,16,17). The zero-order chi connectivity index (χ0) is 13.3. The normalized spacial score (nSPS) is 12.3. The maximum atomic E-state index is 12.4. The molecule has 0 atom stereocenters. The van der Waals surface area contributed by atoms with Crippen molar-refractivity contribution < 1.29 is 22.0 Å². The van der Waals surface area contributed by atoms with Crippen LogP contribution < -0.4 is 5.32 Å². The fourth-order valence-corrected chi connectivity index (χ4v) is 2.20. The van der Waals surface area contributed by atoms with Gasteiger partial charge in [0.25, 0.3) is 6.43 Å². The molecular formula is C10H7F5N2S. The van der Waals surface area contributed by atoms with Crippen LogP contribution in [0.4, 0.5) is 27.1 Å². The van der Waals surface area contributed by atoms with Gasteiger partial charge in [-0.1, -0.05) is 11.3 Å². The number of hydrogen-bond donors (Lipinski definition) is 1. The summed E-state index contributed by atoms with van der Waals surface area (Å²) in [5, 5.41) is 2.55. The third-order valence-corrected chi connectivity index (χ3v) is 3.12. The first-order valence-corrected chi connectivity index (χ1v) is 5.68. The van der Waals surface area contributed by atoms with Crippen LogP contribution in [0.25, 0.3) is 10.2 Å². The van der Waals surface area contributed by atoms with Crippen LogP contribution in [0.15, 0.2) is 18.2 Å². The first kappa shape index (κ1) is 13.0.